The Bertz CT molecular complexity index is 2150. The van der Waals surface area contributed by atoms with Gasteiger partial charge in [-0.3, -0.25) is 28.9 Å². The average Bonchev–Trinajstić information content (AvgIpc) is 3.42. The van der Waals surface area contributed by atoms with Gasteiger partial charge in [0, 0.05) is 47.6 Å². The largest absolute Gasteiger partial charge is 0.504 e. The topological polar surface area (TPSA) is 115 Å². The number of thioether (sulfide) groups is 1. The van der Waals surface area contributed by atoms with Crippen LogP contribution in [-0.2, 0) is 19.2 Å². The van der Waals surface area contributed by atoms with Gasteiger partial charge in [0.1, 0.15) is 6.54 Å². The van der Waals surface area contributed by atoms with E-state index in [9.17, 15) is 29.1 Å². The van der Waals surface area contributed by atoms with Crippen LogP contribution in [0.1, 0.15) is 92.1 Å². The summed E-state index contributed by atoms with van der Waals surface area (Å²) in [4.78, 5) is 71.7. The molecule has 5 aliphatic carbocycles. The van der Waals surface area contributed by atoms with Crippen molar-refractivity contribution in [2.45, 2.75) is 86.5 Å². The first kappa shape index (κ1) is 39.0. The minimum absolute atomic E-state index is 0.0675. The number of allylic oxidation sites excluding steroid dienone is 7. The number of carbonyl (C=O) groups excluding carboxylic acids is 5. The number of aliphatic hydroxyl groups excluding tert-OH is 1. The lowest BCUT2D eigenvalue weighted by molar-refractivity contribution is -0.175. The first-order chi connectivity index (χ1) is 26.3. The van der Waals surface area contributed by atoms with Crippen molar-refractivity contribution in [1.29, 1.82) is 0 Å². The summed E-state index contributed by atoms with van der Waals surface area (Å²) < 4.78 is 0. The Morgan fingerprint density at radius 2 is 1.62 bits per heavy atom. The maximum absolute atomic E-state index is 14.6. The first-order valence-electron chi connectivity index (χ1n) is 20.0. The van der Waals surface area contributed by atoms with Crippen molar-refractivity contribution >= 4 is 58.2 Å². The lowest BCUT2D eigenvalue weighted by Gasteiger charge is -2.70. The van der Waals surface area contributed by atoms with Gasteiger partial charge in [-0.2, -0.15) is 0 Å². The molecule has 0 radical (unpaired) electrons. The maximum atomic E-state index is 14.6. The molecule has 1 aromatic rings. The first-order valence-corrected chi connectivity index (χ1v) is 21.2. The van der Waals surface area contributed by atoms with Gasteiger partial charge in [0.15, 0.2) is 5.76 Å². The highest BCUT2D eigenvalue weighted by atomic mass is 35.5. The van der Waals surface area contributed by atoms with Crippen LogP contribution < -0.4 is 0 Å². The normalized spacial score (nSPS) is 36.4. The predicted octanol–water partition coefficient (Wildman–Crippen LogP) is 8.67. The van der Waals surface area contributed by atoms with Gasteiger partial charge < -0.3 is 14.9 Å². The van der Waals surface area contributed by atoms with Crippen LogP contribution in [-0.4, -0.2) is 81.3 Å². The van der Waals surface area contributed by atoms with E-state index in [1.807, 2.05) is 11.8 Å². The number of hydrogen-bond donors (Lipinski definition) is 1. The van der Waals surface area contributed by atoms with Crippen molar-refractivity contribution in [1.82, 2.24) is 14.7 Å². The molecule has 0 spiro atoms. The number of piperazine rings is 1. The zero-order chi connectivity index (χ0) is 40.2. The van der Waals surface area contributed by atoms with Gasteiger partial charge >= 0.3 is 0 Å². The van der Waals surface area contributed by atoms with Crippen molar-refractivity contribution < 1.29 is 29.1 Å². The van der Waals surface area contributed by atoms with E-state index in [0.717, 1.165) is 72.8 Å². The summed E-state index contributed by atoms with van der Waals surface area (Å²) in [5, 5.41) is 10.5. The van der Waals surface area contributed by atoms with Crippen molar-refractivity contribution in [3.63, 3.8) is 0 Å². The van der Waals surface area contributed by atoms with E-state index < -0.39 is 16.6 Å². The molecule has 11 heteroatoms. The molecular weight excluding hydrogens is 746 g/mol. The van der Waals surface area contributed by atoms with E-state index >= 15 is 0 Å². The molecule has 0 aromatic heterocycles. The van der Waals surface area contributed by atoms with Crippen LogP contribution in [0.4, 0.5) is 4.79 Å². The molecule has 4 amide bonds. The number of benzene rings is 1. The fourth-order valence-electron chi connectivity index (χ4n) is 11.8. The highest BCUT2D eigenvalue weighted by molar-refractivity contribution is 8.18. The van der Waals surface area contributed by atoms with Crippen molar-refractivity contribution in [3.05, 3.63) is 86.0 Å². The van der Waals surface area contributed by atoms with Gasteiger partial charge in [-0.1, -0.05) is 76.1 Å². The smallest absolute Gasteiger partial charge is 0.294 e. The van der Waals surface area contributed by atoms with E-state index in [4.69, 9.17) is 11.6 Å². The van der Waals surface area contributed by atoms with Crippen LogP contribution in [0.2, 0.25) is 5.02 Å². The quantitative estimate of drug-likeness (QED) is 0.303. The molecular formula is C45H52ClN3O6S. The molecule has 0 unspecified atom stereocenters. The second-order valence-electron chi connectivity index (χ2n) is 18.6. The van der Waals surface area contributed by atoms with E-state index in [1.54, 1.807) is 41.3 Å². The van der Waals surface area contributed by atoms with E-state index in [-0.39, 0.29) is 56.5 Å². The highest BCUT2D eigenvalue weighted by Gasteiger charge is 2.67. The summed E-state index contributed by atoms with van der Waals surface area (Å²) in [6, 6.07) is 7.00. The Labute approximate surface area is 338 Å². The zero-order valence-corrected chi connectivity index (χ0v) is 34.9. The molecule has 0 bridgehead atoms. The monoisotopic (exact) mass is 797 g/mol. The minimum Gasteiger partial charge on any atom is -0.504 e. The van der Waals surface area contributed by atoms with Crippen LogP contribution >= 0.6 is 23.4 Å². The summed E-state index contributed by atoms with van der Waals surface area (Å²) in [5.41, 5.74) is 3.78. The summed E-state index contributed by atoms with van der Waals surface area (Å²) in [5.74, 6) is -0.814. The molecule has 296 valence electrons. The molecule has 7 aliphatic rings. The second kappa shape index (κ2) is 13.3. The maximum Gasteiger partial charge on any atom is 0.294 e. The lowest BCUT2D eigenvalue weighted by Crippen LogP contribution is -2.63. The number of imide groups is 1. The molecule has 2 aliphatic heterocycles. The number of fused-ring (bicyclic) bond motifs is 7. The number of nitrogens with zero attached hydrogens (tertiary/aromatic N) is 3. The van der Waals surface area contributed by atoms with E-state index in [0.29, 0.717) is 48.3 Å². The number of aliphatic hydroxyl groups is 1. The van der Waals surface area contributed by atoms with Crippen molar-refractivity contribution in [2.24, 2.45) is 33.0 Å². The molecule has 5 fully saturated rings. The number of carbonyl (C=O) groups is 5. The Kier molecular flexibility index (Phi) is 9.28. The van der Waals surface area contributed by atoms with E-state index in [1.165, 1.54) is 5.57 Å². The van der Waals surface area contributed by atoms with Gasteiger partial charge in [-0.05, 0) is 127 Å². The number of amides is 4. The minimum atomic E-state index is -0.540. The summed E-state index contributed by atoms with van der Waals surface area (Å²) in [6.45, 7) is 14.8. The third-order valence-electron chi connectivity index (χ3n) is 15.6. The summed E-state index contributed by atoms with van der Waals surface area (Å²) >= 11 is 6.90. The molecule has 3 saturated carbocycles. The number of ketones is 1. The molecule has 2 heterocycles. The van der Waals surface area contributed by atoms with Gasteiger partial charge in [0.25, 0.3) is 11.1 Å². The number of hydrogen-bond acceptors (Lipinski definition) is 7. The van der Waals surface area contributed by atoms with Crippen LogP contribution in [0.5, 0.6) is 0 Å². The fourth-order valence-corrected chi connectivity index (χ4v) is 12.8. The Morgan fingerprint density at radius 1 is 0.929 bits per heavy atom. The SMILES string of the molecule is CC1=C(O)C(=O)C=C2C1=CC=C1[C@@]2(C)CC[C@@]2(C)[C@@H]3C[C@](C)(C(=O)N4CCN(C(=O)CN5C(=O)S/C(=C\c6cccc(Cl)c6)C5=O)CC4)CC[C@]3(C)CC[C@]12C. The summed E-state index contributed by atoms with van der Waals surface area (Å²) in [6.07, 6.45) is 14.3. The molecule has 1 N–H and O–H groups in total. The number of halogens is 1. The molecule has 9 nitrogen and oxygen atoms in total. The molecule has 6 atom stereocenters. The Hall–Kier alpha value is -3.89. The van der Waals surface area contributed by atoms with Crippen LogP contribution in [0.15, 0.2) is 75.5 Å². The van der Waals surface area contributed by atoms with Gasteiger partial charge in [0.05, 0.1) is 4.91 Å². The van der Waals surface area contributed by atoms with Gasteiger partial charge in [0.2, 0.25) is 17.6 Å². The standard InChI is InChI=1S/C45H52ClN3O6S/c1-27-30-10-11-34-43(4,31(30)24-32(50)37(27)52)15-17-45(6)35-25-42(3,13-12-41(35,2)14-16-44(34,45)5)39(54)48-20-18-47(19-21-48)36(51)26-49-38(53)33(56-40(49)55)23-28-8-7-9-29(46)22-28/h7-11,22-24,35,52H,12-21,25-26H2,1-6H3/b33-23-/t35-,41-,42-,43+,44-,45+/m1/s1. The third kappa shape index (κ3) is 5.82. The van der Waals surface area contributed by atoms with Crippen LogP contribution in [0.3, 0.4) is 0 Å². The highest BCUT2D eigenvalue weighted by Crippen LogP contribution is 2.75. The zero-order valence-electron chi connectivity index (χ0n) is 33.3. The summed E-state index contributed by atoms with van der Waals surface area (Å²) in [7, 11) is 0. The van der Waals surface area contributed by atoms with Crippen molar-refractivity contribution in [2.75, 3.05) is 32.7 Å². The molecule has 56 heavy (non-hydrogen) atoms. The lowest BCUT2D eigenvalue weighted by atomic mass is 9.34. The molecule has 1 aromatic carbocycles. The van der Waals surface area contributed by atoms with Gasteiger partial charge in [-0.15, -0.1) is 0 Å². The van der Waals surface area contributed by atoms with E-state index in [2.05, 4.69) is 46.8 Å². The van der Waals surface area contributed by atoms with Gasteiger partial charge in [-0.25, -0.2) is 0 Å². The predicted molar refractivity (Wildman–Crippen MR) is 218 cm³/mol. The molecule has 2 saturated heterocycles. The molecule has 8 rings (SSSR count). The number of rotatable bonds is 4. The van der Waals surface area contributed by atoms with Crippen LogP contribution in [0, 0.1) is 33.0 Å². The van der Waals surface area contributed by atoms with Crippen LogP contribution in [0.25, 0.3) is 6.08 Å². The fraction of sp³-hybridized carbons (Fsp3) is 0.533. The Morgan fingerprint density at radius 3 is 2.34 bits per heavy atom. The van der Waals surface area contributed by atoms with Crippen molar-refractivity contribution in [3.8, 4) is 0 Å². The Balaban J connectivity index is 0.952. The average molecular weight is 798 g/mol. The second-order valence-corrected chi connectivity index (χ2v) is 20.0. The third-order valence-corrected chi connectivity index (χ3v) is 16.8.